The van der Waals surface area contributed by atoms with Gasteiger partial charge < -0.3 is 10.0 Å². The Morgan fingerprint density at radius 1 is 1.32 bits per heavy atom. The van der Waals surface area contributed by atoms with E-state index in [1.54, 1.807) is 0 Å². The summed E-state index contributed by atoms with van der Waals surface area (Å²) in [6, 6.07) is 13.1. The second-order valence-corrected chi connectivity index (χ2v) is 6.79. The van der Waals surface area contributed by atoms with Crippen molar-refractivity contribution in [3.8, 4) is 6.07 Å². The molecule has 0 bridgehead atoms. The van der Waals surface area contributed by atoms with Crippen LogP contribution in [0.25, 0.3) is 16.7 Å². The van der Waals surface area contributed by atoms with Crippen molar-refractivity contribution in [1.29, 1.82) is 5.26 Å². The van der Waals surface area contributed by atoms with E-state index < -0.39 is 0 Å². The average Bonchev–Trinajstić information content (AvgIpc) is 3.38. The molecule has 0 unspecified atom stereocenters. The number of hydrogen-bond donors (Lipinski definition) is 1. The van der Waals surface area contributed by atoms with Crippen LogP contribution in [-0.4, -0.2) is 33.7 Å². The zero-order chi connectivity index (χ0) is 17.4. The zero-order valence-corrected chi connectivity index (χ0v) is 14.4. The first-order valence-electron chi connectivity index (χ1n) is 8.93. The highest BCUT2D eigenvalue weighted by Gasteiger charge is 2.31. The topological polar surface area (TPSA) is 64.6 Å². The summed E-state index contributed by atoms with van der Waals surface area (Å²) < 4.78 is 2.14. The Labute approximate surface area is 147 Å². The zero-order valence-electron chi connectivity index (χ0n) is 14.4. The number of nitrogens with zero attached hydrogens (tertiary/aromatic N) is 4. The lowest BCUT2D eigenvalue weighted by molar-refractivity contribution is 0.285. The van der Waals surface area contributed by atoms with Gasteiger partial charge in [-0.05, 0) is 56.4 Å². The molecule has 4 rings (SSSR count). The van der Waals surface area contributed by atoms with Crippen molar-refractivity contribution in [2.75, 3.05) is 18.1 Å². The summed E-state index contributed by atoms with van der Waals surface area (Å²) in [6.07, 6.45) is 4.17. The molecule has 1 N–H and O–H groups in total. The maximum Gasteiger partial charge on any atom is 0.157 e. The van der Waals surface area contributed by atoms with E-state index in [0.29, 0.717) is 11.6 Å². The van der Waals surface area contributed by atoms with Crippen molar-refractivity contribution in [3.05, 3.63) is 41.5 Å². The molecule has 0 saturated heterocycles. The Hall–Kier alpha value is -2.58. The number of anilines is 1. The Balaban J connectivity index is 1.94. The molecule has 3 aromatic rings. The number of fused-ring (bicyclic) bond motifs is 3. The summed E-state index contributed by atoms with van der Waals surface area (Å²) in [5, 5.41) is 18.7. The Kier molecular flexibility index (Phi) is 4.06. The molecule has 0 spiro atoms. The van der Waals surface area contributed by atoms with Gasteiger partial charge >= 0.3 is 0 Å². The van der Waals surface area contributed by atoms with E-state index in [-0.39, 0.29) is 6.61 Å². The third-order valence-corrected chi connectivity index (χ3v) is 4.95. The number of aryl methyl sites for hydroxylation is 1. The van der Waals surface area contributed by atoms with Crippen molar-refractivity contribution >= 4 is 22.5 Å². The van der Waals surface area contributed by atoms with Crippen LogP contribution in [0.1, 0.15) is 36.8 Å². The molecule has 1 saturated carbocycles. The van der Waals surface area contributed by atoms with Crippen molar-refractivity contribution < 1.29 is 5.11 Å². The van der Waals surface area contributed by atoms with Crippen molar-refractivity contribution in [2.45, 2.75) is 38.6 Å². The van der Waals surface area contributed by atoms with Crippen LogP contribution in [-0.2, 0) is 0 Å². The number of unbranched alkanes of at least 4 members (excludes halogenated alkanes) is 1. The molecule has 5 nitrogen and oxygen atoms in total. The Bertz CT molecular complexity index is 965. The highest BCUT2D eigenvalue weighted by Crippen LogP contribution is 2.35. The summed E-state index contributed by atoms with van der Waals surface area (Å²) in [5.74, 6) is 1.11. The minimum Gasteiger partial charge on any atom is -0.396 e. The summed E-state index contributed by atoms with van der Waals surface area (Å²) in [5.41, 5.74) is 4.31. The fraction of sp³-hybridized carbons (Fsp3) is 0.400. The van der Waals surface area contributed by atoms with E-state index in [1.165, 1.54) is 12.8 Å². The smallest absolute Gasteiger partial charge is 0.157 e. The summed E-state index contributed by atoms with van der Waals surface area (Å²) in [7, 11) is 0. The van der Waals surface area contributed by atoms with Gasteiger partial charge in [-0.15, -0.1) is 0 Å². The molecule has 1 aromatic carbocycles. The van der Waals surface area contributed by atoms with E-state index in [1.807, 2.05) is 25.1 Å². The molecule has 1 aliphatic rings. The second-order valence-electron chi connectivity index (χ2n) is 6.79. The van der Waals surface area contributed by atoms with Gasteiger partial charge in [0.15, 0.2) is 5.65 Å². The highest BCUT2D eigenvalue weighted by atomic mass is 16.2. The Morgan fingerprint density at radius 3 is 2.84 bits per heavy atom. The van der Waals surface area contributed by atoms with Crippen LogP contribution in [0.5, 0.6) is 0 Å². The summed E-state index contributed by atoms with van der Waals surface area (Å²) in [4.78, 5) is 7.18. The lowest BCUT2D eigenvalue weighted by Crippen LogP contribution is -2.29. The lowest BCUT2D eigenvalue weighted by atomic mass is 10.1. The number of rotatable bonds is 6. The highest BCUT2D eigenvalue weighted by molar-refractivity contribution is 5.85. The normalized spacial score (nSPS) is 14.1. The van der Waals surface area contributed by atoms with Gasteiger partial charge in [-0.25, -0.2) is 4.98 Å². The number of nitriles is 1. The largest absolute Gasteiger partial charge is 0.396 e. The molecule has 2 heterocycles. The summed E-state index contributed by atoms with van der Waals surface area (Å²) in [6.45, 7) is 3.13. The summed E-state index contributed by atoms with van der Waals surface area (Å²) >= 11 is 0. The molecule has 0 aliphatic heterocycles. The quantitative estimate of drug-likeness (QED) is 0.702. The van der Waals surface area contributed by atoms with Gasteiger partial charge in [-0.1, -0.05) is 12.1 Å². The SMILES string of the molecule is Cc1cc(N(CCCCO)C2CC2)n2c(nc3ccccc32)c1C#N. The molecule has 128 valence electrons. The van der Waals surface area contributed by atoms with Gasteiger partial charge in [0.1, 0.15) is 11.9 Å². The van der Waals surface area contributed by atoms with Crippen LogP contribution in [0.4, 0.5) is 5.82 Å². The minimum atomic E-state index is 0.230. The molecular weight excluding hydrogens is 312 g/mol. The predicted molar refractivity (Wildman–Crippen MR) is 98.8 cm³/mol. The van der Waals surface area contributed by atoms with Crippen LogP contribution < -0.4 is 4.90 Å². The second kappa shape index (κ2) is 6.38. The first-order chi connectivity index (χ1) is 12.2. The van der Waals surface area contributed by atoms with Crippen LogP contribution in [0.15, 0.2) is 30.3 Å². The molecule has 0 radical (unpaired) electrons. The van der Waals surface area contributed by atoms with Gasteiger partial charge in [-0.3, -0.25) is 4.40 Å². The van der Waals surface area contributed by atoms with Crippen LogP contribution in [0.3, 0.4) is 0 Å². The van der Waals surface area contributed by atoms with Crippen molar-refractivity contribution in [2.24, 2.45) is 0 Å². The number of hydrogen-bond acceptors (Lipinski definition) is 4. The molecule has 0 atom stereocenters. The first-order valence-corrected chi connectivity index (χ1v) is 8.93. The van der Waals surface area contributed by atoms with Gasteiger partial charge in [0, 0.05) is 19.2 Å². The van der Waals surface area contributed by atoms with E-state index in [2.05, 4.69) is 27.5 Å². The van der Waals surface area contributed by atoms with Crippen LogP contribution in [0, 0.1) is 18.3 Å². The number of benzene rings is 1. The predicted octanol–water partition coefficient (Wildman–Crippen LogP) is 3.41. The number of aliphatic hydroxyl groups is 1. The Morgan fingerprint density at radius 2 is 2.12 bits per heavy atom. The molecule has 0 amide bonds. The number of pyridine rings is 1. The first kappa shape index (κ1) is 15.9. The van der Waals surface area contributed by atoms with Gasteiger partial charge in [0.05, 0.1) is 16.6 Å². The third-order valence-electron chi connectivity index (χ3n) is 4.95. The van der Waals surface area contributed by atoms with Crippen LogP contribution >= 0.6 is 0 Å². The van der Waals surface area contributed by atoms with Gasteiger partial charge in [0.2, 0.25) is 0 Å². The standard InChI is InChI=1S/C20H22N4O/c1-14-12-19(23(15-8-9-15)10-4-5-11-25)24-18-7-3-2-6-17(18)22-20(24)16(14)13-21/h2-3,6-7,12,15,25H,4-5,8-11H2,1H3. The van der Waals surface area contributed by atoms with E-state index in [9.17, 15) is 5.26 Å². The number of para-hydroxylation sites is 2. The third kappa shape index (κ3) is 2.73. The van der Waals surface area contributed by atoms with Crippen molar-refractivity contribution in [3.63, 3.8) is 0 Å². The minimum absolute atomic E-state index is 0.230. The maximum atomic E-state index is 9.62. The number of aromatic nitrogens is 2. The van der Waals surface area contributed by atoms with E-state index in [4.69, 9.17) is 10.1 Å². The molecule has 25 heavy (non-hydrogen) atoms. The molecule has 5 heteroatoms. The van der Waals surface area contributed by atoms with E-state index >= 15 is 0 Å². The van der Waals surface area contributed by atoms with Gasteiger partial charge in [0.25, 0.3) is 0 Å². The monoisotopic (exact) mass is 334 g/mol. The fourth-order valence-corrected chi connectivity index (χ4v) is 3.55. The molecule has 1 aliphatic carbocycles. The molecule has 1 fully saturated rings. The molecule has 2 aromatic heterocycles. The molecular formula is C20H22N4O. The van der Waals surface area contributed by atoms with E-state index in [0.717, 1.165) is 47.4 Å². The van der Waals surface area contributed by atoms with Gasteiger partial charge in [-0.2, -0.15) is 5.26 Å². The van der Waals surface area contributed by atoms with Crippen LogP contribution in [0.2, 0.25) is 0 Å². The maximum absolute atomic E-state index is 9.62. The van der Waals surface area contributed by atoms with Crippen molar-refractivity contribution in [1.82, 2.24) is 9.38 Å². The number of aliphatic hydroxyl groups excluding tert-OH is 1. The average molecular weight is 334 g/mol. The fourth-order valence-electron chi connectivity index (χ4n) is 3.55. The lowest BCUT2D eigenvalue weighted by Gasteiger charge is -2.26. The number of imidazole rings is 1.